The summed E-state index contributed by atoms with van der Waals surface area (Å²) in [6, 6.07) is 10.8. The molecule has 220 valence electrons. The van der Waals surface area contributed by atoms with Crippen LogP contribution in [0.3, 0.4) is 0 Å². The van der Waals surface area contributed by atoms with Crippen LogP contribution in [0.25, 0.3) is 0 Å². The first-order valence-electron chi connectivity index (χ1n) is 12.8. The van der Waals surface area contributed by atoms with Crippen LogP contribution in [0.2, 0.25) is 10.0 Å². The molecule has 2 bridgehead atoms. The lowest BCUT2D eigenvalue weighted by atomic mass is 9.38. The van der Waals surface area contributed by atoms with Gasteiger partial charge in [-0.1, -0.05) is 47.5 Å². The number of aromatic nitrogens is 1. The van der Waals surface area contributed by atoms with Crippen LogP contribution in [-0.2, 0) is 27.0 Å². The van der Waals surface area contributed by atoms with Crippen molar-refractivity contribution < 1.29 is 36.7 Å². The van der Waals surface area contributed by atoms with E-state index in [1.165, 1.54) is 11.8 Å². The van der Waals surface area contributed by atoms with Gasteiger partial charge in [0.25, 0.3) is 0 Å². The number of benzene rings is 2. The van der Waals surface area contributed by atoms with E-state index < -0.39 is 58.2 Å². The number of rotatable bonds is 8. The molecule has 7 nitrogen and oxygen atoms in total. The Balaban J connectivity index is 1.43. The molecule has 13 heteroatoms. The minimum atomic E-state index is -4.63. The standard InChI is InChI=1S/C29H23Cl2F4N3O4/c1-16(39)38(12-18-7-8-19(9-21(18)31)29(33,34)35)23(25(40)37-24-22(32)10-20(30)11-36-24)27-13-28(14-27,15-27)42-26(41)17-5-3-2-4-6-17/h2-11,23H,12-15H2,1H3,(H,36,37,40). The number of pyridine rings is 1. The van der Waals surface area contributed by atoms with Crippen molar-refractivity contribution in [3.8, 4) is 0 Å². The molecule has 0 spiro atoms. The predicted octanol–water partition coefficient (Wildman–Crippen LogP) is 6.68. The molecule has 1 atom stereocenters. The van der Waals surface area contributed by atoms with Crippen molar-refractivity contribution in [1.29, 1.82) is 0 Å². The van der Waals surface area contributed by atoms with E-state index in [9.17, 15) is 31.9 Å². The summed E-state index contributed by atoms with van der Waals surface area (Å²) in [5, 5.41) is 2.17. The van der Waals surface area contributed by atoms with E-state index in [-0.39, 0.29) is 41.4 Å². The fourth-order valence-corrected chi connectivity index (χ4v) is 6.24. The number of halogens is 6. The Hall–Kier alpha value is -3.70. The van der Waals surface area contributed by atoms with Gasteiger partial charge in [-0.3, -0.25) is 9.59 Å². The van der Waals surface area contributed by atoms with E-state index in [1.54, 1.807) is 30.3 Å². The second-order valence-corrected chi connectivity index (χ2v) is 11.5. The molecule has 3 saturated carbocycles. The van der Waals surface area contributed by atoms with Crippen LogP contribution in [0.15, 0.2) is 60.8 Å². The zero-order valence-corrected chi connectivity index (χ0v) is 23.5. The van der Waals surface area contributed by atoms with Gasteiger partial charge >= 0.3 is 12.1 Å². The van der Waals surface area contributed by atoms with Crippen molar-refractivity contribution in [3.63, 3.8) is 0 Å². The second-order valence-electron chi connectivity index (χ2n) is 10.7. The van der Waals surface area contributed by atoms with Crippen molar-refractivity contribution in [1.82, 2.24) is 9.88 Å². The number of amides is 2. The third kappa shape index (κ3) is 5.67. The quantitative estimate of drug-likeness (QED) is 0.223. The number of carbonyl (C=O) groups excluding carboxylic acids is 3. The number of nitrogens with one attached hydrogen (secondary N) is 1. The van der Waals surface area contributed by atoms with Crippen LogP contribution in [0, 0.1) is 11.2 Å². The zero-order valence-electron chi connectivity index (χ0n) is 22.0. The van der Waals surface area contributed by atoms with Crippen LogP contribution in [-0.4, -0.2) is 39.3 Å². The highest BCUT2D eigenvalue weighted by molar-refractivity contribution is 6.31. The van der Waals surface area contributed by atoms with Crippen LogP contribution < -0.4 is 5.32 Å². The molecule has 3 aliphatic carbocycles. The first kappa shape index (κ1) is 29.8. The van der Waals surface area contributed by atoms with E-state index in [0.717, 1.165) is 30.5 Å². The molecular weight excluding hydrogens is 601 g/mol. The first-order valence-corrected chi connectivity index (χ1v) is 13.5. The number of hydrogen-bond donors (Lipinski definition) is 1. The topological polar surface area (TPSA) is 88.6 Å². The summed E-state index contributed by atoms with van der Waals surface area (Å²) in [6.07, 6.45) is -2.79. The Kier molecular flexibility index (Phi) is 7.69. The van der Waals surface area contributed by atoms with Gasteiger partial charge in [0.2, 0.25) is 11.8 Å². The summed E-state index contributed by atoms with van der Waals surface area (Å²) in [6.45, 7) is 0.898. The molecule has 1 heterocycles. The normalized spacial score (nSPS) is 21.4. The maximum Gasteiger partial charge on any atom is 0.416 e. The number of ether oxygens (including phenoxy) is 1. The van der Waals surface area contributed by atoms with Gasteiger partial charge in [0, 0.05) is 30.1 Å². The van der Waals surface area contributed by atoms with Gasteiger partial charge in [-0.25, -0.2) is 14.2 Å². The maximum atomic E-state index is 14.5. The summed E-state index contributed by atoms with van der Waals surface area (Å²) in [5.41, 5.74) is -2.13. The van der Waals surface area contributed by atoms with E-state index >= 15 is 0 Å². The van der Waals surface area contributed by atoms with E-state index in [0.29, 0.717) is 5.56 Å². The van der Waals surface area contributed by atoms with Crippen LogP contribution in [0.1, 0.15) is 47.7 Å². The second kappa shape index (κ2) is 10.9. The average molecular weight is 624 g/mol. The molecule has 1 N–H and O–H groups in total. The molecule has 0 radical (unpaired) electrons. The van der Waals surface area contributed by atoms with Gasteiger partial charge < -0.3 is 15.0 Å². The van der Waals surface area contributed by atoms with Crippen molar-refractivity contribution >= 4 is 46.8 Å². The van der Waals surface area contributed by atoms with Crippen molar-refractivity contribution in [2.75, 3.05) is 5.32 Å². The molecule has 3 fully saturated rings. The highest BCUT2D eigenvalue weighted by atomic mass is 35.5. The smallest absolute Gasteiger partial charge is 0.416 e. The zero-order chi connectivity index (χ0) is 30.4. The molecule has 3 aromatic rings. The van der Waals surface area contributed by atoms with Crippen LogP contribution >= 0.6 is 23.2 Å². The Labute approximate surface area is 247 Å². The average Bonchev–Trinajstić information content (AvgIpc) is 2.88. The Morgan fingerprint density at radius 1 is 1.07 bits per heavy atom. The summed E-state index contributed by atoms with van der Waals surface area (Å²) in [4.78, 5) is 44.4. The fourth-order valence-electron chi connectivity index (χ4n) is 5.86. The number of nitrogens with zero attached hydrogens (tertiary/aromatic N) is 2. The molecule has 0 saturated heterocycles. The summed E-state index contributed by atoms with van der Waals surface area (Å²) < 4.78 is 59.8. The fraction of sp³-hybridized carbons (Fsp3) is 0.310. The number of anilines is 1. The third-order valence-electron chi connectivity index (χ3n) is 7.66. The number of alkyl halides is 3. The lowest BCUT2D eigenvalue weighted by Crippen LogP contribution is -2.77. The number of esters is 1. The molecule has 6 rings (SSSR count). The summed E-state index contributed by atoms with van der Waals surface area (Å²) in [5.74, 6) is -3.19. The molecule has 1 unspecified atom stereocenters. The Bertz CT molecular complexity index is 1550. The highest BCUT2D eigenvalue weighted by Gasteiger charge is 2.75. The van der Waals surface area contributed by atoms with E-state index in [2.05, 4.69) is 10.3 Å². The lowest BCUT2D eigenvalue weighted by molar-refractivity contribution is -0.277. The molecular formula is C29H23Cl2F4N3O4. The summed E-state index contributed by atoms with van der Waals surface area (Å²) >= 11 is 11.9. The molecule has 2 aromatic carbocycles. The first-order chi connectivity index (χ1) is 19.7. The molecule has 0 aliphatic heterocycles. The Morgan fingerprint density at radius 3 is 2.31 bits per heavy atom. The van der Waals surface area contributed by atoms with Crippen molar-refractivity contribution in [2.24, 2.45) is 5.41 Å². The molecule has 1 aromatic heterocycles. The molecule has 3 aliphatic rings. The lowest BCUT2D eigenvalue weighted by Gasteiger charge is -2.71. The largest absolute Gasteiger partial charge is 0.455 e. The Morgan fingerprint density at radius 2 is 1.74 bits per heavy atom. The van der Waals surface area contributed by atoms with Crippen LogP contribution in [0.5, 0.6) is 0 Å². The molecule has 42 heavy (non-hydrogen) atoms. The minimum absolute atomic E-state index is 0.00551. The van der Waals surface area contributed by atoms with Gasteiger partial charge in [-0.05, 0) is 55.2 Å². The van der Waals surface area contributed by atoms with E-state index in [4.69, 9.17) is 27.9 Å². The van der Waals surface area contributed by atoms with Crippen molar-refractivity contribution in [2.45, 2.75) is 50.6 Å². The minimum Gasteiger partial charge on any atom is -0.455 e. The van der Waals surface area contributed by atoms with Gasteiger partial charge in [0.05, 0.1) is 16.1 Å². The van der Waals surface area contributed by atoms with Gasteiger partial charge in [-0.15, -0.1) is 0 Å². The predicted molar refractivity (Wildman–Crippen MR) is 145 cm³/mol. The number of carbonyl (C=O) groups is 3. The monoisotopic (exact) mass is 623 g/mol. The van der Waals surface area contributed by atoms with Crippen LogP contribution in [0.4, 0.5) is 23.4 Å². The SMILES string of the molecule is CC(=O)N(Cc1ccc(C(F)(F)F)cc1Cl)C(C(=O)Nc1ncc(Cl)cc1F)C12CC(OC(=O)c3ccccc3)(C1)C2. The summed E-state index contributed by atoms with van der Waals surface area (Å²) in [7, 11) is 0. The van der Waals surface area contributed by atoms with Gasteiger partial charge in [-0.2, -0.15) is 13.2 Å². The van der Waals surface area contributed by atoms with Gasteiger partial charge in [0.1, 0.15) is 11.6 Å². The van der Waals surface area contributed by atoms with E-state index in [1.807, 2.05) is 0 Å². The van der Waals surface area contributed by atoms with Crippen molar-refractivity contribution in [3.05, 3.63) is 93.3 Å². The highest BCUT2D eigenvalue weighted by Crippen LogP contribution is 2.71. The number of hydrogen-bond acceptors (Lipinski definition) is 5. The molecule has 2 amide bonds. The van der Waals surface area contributed by atoms with Gasteiger partial charge in [0.15, 0.2) is 11.6 Å². The third-order valence-corrected chi connectivity index (χ3v) is 8.21. The maximum absolute atomic E-state index is 14.5.